The number of anilines is 4. The summed E-state index contributed by atoms with van der Waals surface area (Å²) < 4.78 is 46.3. The van der Waals surface area contributed by atoms with Crippen LogP contribution in [0.1, 0.15) is 159 Å². The third kappa shape index (κ3) is 23.6. The van der Waals surface area contributed by atoms with E-state index in [4.69, 9.17) is 16.2 Å². The van der Waals surface area contributed by atoms with Crippen LogP contribution in [0.2, 0.25) is 0 Å². The number of likely N-dealkylation sites (tertiary alicyclic amines) is 4. The van der Waals surface area contributed by atoms with Crippen molar-refractivity contribution >= 4 is 59.2 Å². The van der Waals surface area contributed by atoms with Crippen LogP contribution in [0, 0.1) is 0 Å². The molecule has 12 aromatic rings. The Morgan fingerprint density at radius 3 is 0.837 bits per heavy atom. The molecule has 4 fully saturated rings. The van der Waals surface area contributed by atoms with Crippen LogP contribution in [0.25, 0.3) is 44.5 Å². The maximum atomic E-state index is 13.2. The lowest BCUT2D eigenvalue weighted by atomic mass is 9.86. The van der Waals surface area contributed by atoms with Gasteiger partial charge in [-0.15, -0.1) is 13.2 Å². The van der Waals surface area contributed by atoms with E-state index >= 15 is 0 Å². The number of nitrogens with zero attached hydrogens (tertiary/aromatic N) is 16. The van der Waals surface area contributed by atoms with Crippen molar-refractivity contribution in [3.63, 3.8) is 0 Å². The van der Waals surface area contributed by atoms with Crippen molar-refractivity contribution in [2.24, 2.45) is 11.5 Å². The summed E-state index contributed by atoms with van der Waals surface area (Å²) in [5.74, 6) is 2.61. The highest BCUT2D eigenvalue weighted by molar-refractivity contribution is 6.00. The van der Waals surface area contributed by atoms with Crippen molar-refractivity contribution in [1.29, 1.82) is 0 Å². The van der Waals surface area contributed by atoms with Gasteiger partial charge in [-0.3, -0.25) is 28.8 Å². The normalized spacial score (nSPS) is 16.1. The number of amides is 6. The average Bonchev–Trinajstić information content (AvgIpc) is 0.809. The molecular formula is C100H107F3N18O8. The summed E-state index contributed by atoms with van der Waals surface area (Å²) in [5.41, 5.74) is 26.5. The Bertz CT molecular complexity index is 5840. The predicted molar refractivity (Wildman–Crippen MR) is 495 cm³/mol. The molecule has 4 aliphatic rings. The summed E-state index contributed by atoms with van der Waals surface area (Å²) in [5, 5.41) is 0. The van der Waals surface area contributed by atoms with E-state index in [-0.39, 0.29) is 53.0 Å². The monoisotopic (exact) mass is 1740 g/mol. The van der Waals surface area contributed by atoms with E-state index in [1.165, 1.54) is 28.8 Å². The number of piperidine rings is 4. The second-order valence-corrected chi connectivity index (χ2v) is 33.1. The summed E-state index contributed by atoms with van der Waals surface area (Å²) in [7, 11) is 16.9. The predicted octanol–water partition coefficient (Wildman–Crippen LogP) is 16.0. The van der Waals surface area contributed by atoms with Crippen LogP contribution in [0.4, 0.5) is 37.0 Å². The van der Waals surface area contributed by atoms with E-state index in [1.54, 1.807) is 72.9 Å². The van der Waals surface area contributed by atoms with Crippen molar-refractivity contribution in [2.45, 2.75) is 81.4 Å². The number of alkyl halides is 3. The Morgan fingerprint density at radius 1 is 0.326 bits per heavy atom. The quantitative estimate of drug-likeness (QED) is 0.0716. The molecule has 0 saturated carbocycles. The summed E-state index contributed by atoms with van der Waals surface area (Å²) in [4.78, 5) is 126. The van der Waals surface area contributed by atoms with E-state index in [9.17, 15) is 41.9 Å². The highest BCUT2D eigenvalue weighted by atomic mass is 19.4. The van der Waals surface area contributed by atoms with Crippen LogP contribution in [-0.4, -0.2) is 217 Å². The molecule has 29 heteroatoms. The molecule has 129 heavy (non-hydrogen) atoms. The maximum Gasteiger partial charge on any atom is 0.573 e. The zero-order valence-electron chi connectivity index (χ0n) is 73.9. The molecule has 26 nitrogen and oxygen atoms in total. The molecule has 0 bridgehead atoms. The lowest BCUT2D eigenvalue weighted by molar-refractivity contribution is -0.274. The van der Waals surface area contributed by atoms with E-state index < -0.39 is 18.2 Å². The smallest absolute Gasteiger partial charge is 0.497 e. The van der Waals surface area contributed by atoms with Crippen molar-refractivity contribution in [3.05, 3.63) is 299 Å². The van der Waals surface area contributed by atoms with E-state index in [0.717, 1.165) is 132 Å². The second kappa shape index (κ2) is 42.7. The fraction of sp³-hybridized carbons (Fsp3) is 0.300. The number of nitrogens with two attached hydrogens (primary N) is 2. The number of methoxy groups -OCH3 is 1. The van der Waals surface area contributed by atoms with Crippen molar-refractivity contribution in [1.82, 2.24) is 59.5 Å². The summed E-state index contributed by atoms with van der Waals surface area (Å²) >= 11 is 0. The first-order chi connectivity index (χ1) is 62.1. The molecule has 4 N–H and O–H groups in total. The molecule has 666 valence electrons. The second-order valence-electron chi connectivity index (χ2n) is 33.1. The average molecular weight is 1750 g/mol. The summed E-state index contributed by atoms with van der Waals surface area (Å²) in [6.07, 6.45) is 17.7. The van der Waals surface area contributed by atoms with E-state index in [2.05, 4.69) is 93.1 Å². The Labute approximate surface area is 749 Å². The number of carbonyl (C=O) groups excluding carboxylic acids is 6. The molecule has 6 amide bonds. The van der Waals surface area contributed by atoms with E-state index in [1.807, 2.05) is 201 Å². The number of benzene rings is 8. The summed E-state index contributed by atoms with van der Waals surface area (Å²) in [6, 6.07) is 58.5. The van der Waals surface area contributed by atoms with Gasteiger partial charge in [-0.2, -0.15) is 0 Å². The fourth-order valence-corrected chi connectivity index (χ4v) is 16.7. The van der Waals surface area contributed by atoms with Crippen LogP contribution < -0.4 is 40.5 Å². The molecule has 4 aromatic heterocycles. The number of hydrogen-bond donors (Lipinski definition) is 2. The van der Waals surface area contributed by atoms with Gasteiger partial charge in [-0.25, -0.2) is 39.9 Å². The van der Waals surface area contributed by atoms with Crippen LogP contribution >= 0.6 is 0 Å². The number of halogens is 3. The van der Waals surface area contributed by atoms with Crippen LogP contribution in [0.5, 0.6) is 11.5 Å². The van der Waals surface area contributed by atoms with Gasteiger partial charge in [0.15, 0.2) is 0 Å². The first-order valence-electron chi connectivity index (χ1n) is 43.0. The van der Waals surface area contributed by atoms with Crippen molar-refractivity contribution < 1.29 is 51.4 Å². The van der Waals surface area contributed by atoms with Crippen LogP contribution in [-0.2, 0) is 0 Å². The number of carbonyl (C=O) groups is 6. The molecule has 4 aliphatic heterocycles. The van der Waals surface area contributed by atoms with Gasteiger partial charge < -0.3 is 60.1 Å². The molecule has 0 spiro atoms. The molecular weight excluding hydrogens is 1640 g/mol. The van der Waals surface area contributed by atoms with Gasteiger partial charge in [0.2, 0.25) is 35.6 Å². The minimum absolute atomic E-state index is 0.0260. The molecule has 0 aliphatic carbocycles. The molecule has 4 atom stereocenters. The Balaban J connectivity index is 0.000000147. The first kappa shape index (κ1) is 92.2. The number of rotatable bonds is 20. The van der Waals surface area contributed by atoms with Gasteiger partial charge >= 0.3 is 6.36 Å². The largest absolute Gasteiger partial charge is 0.573 e. The maximum absolute atomic E-state index is 13.2. The minimum Gasteiger partial charge on any atom is -0.497 e. The van der Waals surface area contributed by atoms with Gasteiger partial charge in [0.25, 0.3) is 23.6 Å². The van der Waals surface area contributed by atoms with Crippen LogP contribution in [0.15, 0.2) is 244 Å². The van der Waals surface area contributed by atoms with Gasteiger partial charge in [0.05, 0.1) is 7.11 Å². The zero-order valence-corrected chi connectivity index (χ0v) is 73.9. The Hall–Kier alpha value is -14.5. The molecule has 16 rings (SSSR count). The topological polar surface area (TPSA) is 302 Å². The Morgan fingerprint density at radius 2 is 0.574 bits per heavy atom. The highest BCUT2D eigenvalue weighted by Crippen LogP contribution is 2.41. The lowest BCUT2D eigenvalue weighted by Gasteiger charge is -2.34. The number of ether oxygens (including phenoxy) is 2. The van der Waals surface area contributed by atoms with Gasteiger partial charge in [-0.05, 0) is 187 Å². The van der Waals surface area contributed by atoms with Crippen LogP contribution in [0.3, 0.4) is 0 Å². The van der Waals surface area contributed by atoms with Crippen molar-refractivity contribution in [3.8, 4) is 56.0 Å². The standard InChI is InChI=1S/C25H25F3N4O2.2C25H27N5O2.C25H28N4O2/c1-31(2)24-29-14-19(15-30-24)22-8-4-3-7-21(22)18-6-5-13-32(16-18)23(33)17-9-11-20(12-10-17)34-25(26,27)28;1-29(2)25-27-14-20(15-28-25)22-11-4-3-10-21(22)19-9-6-12-30(16-19)24(32)18-8-5-7-17(13-18)23(26)31;1-29(2)25-27-14-20(15-28-25)22-8-4-3-7-21(22)19-6-5-13-30(16-19)24(32)18-11-9-17(10-12-18)23(26)31;1-28(2)25-26-15-20(16-27-25)23-9-5-4-8-22(23)19-7-6-14-29(17-19)24(30)18-10-12-21(31-3)13-11-18/h3-4,7-12,14-15,18H,5-6,13,16H2,1-2H3;3-5,7-8,10-11,13-15,19H,6,9,12,16H2,1-2H3,(H2,26,31);3-4,7-12,14-15,19H,5-6,13,16H2,1-2H3,(H2,26,31);4-5,8-13,15-16,19H,6-7,14,17H2,1-3H3. The Kier molecular flexibility index (Phi) is 30.5. The fourth-order valence-electron chi connectivity index (χ4n) is 16.7. The first-order valence-corrected chi connectivity index (χ1v) is 43.0. The molecule has 8 heterocycles. The molecule has 8 aromatic carbocycles. The summed E-state index contributed by atoms with van der Waals surface area (Å²) in [6.45, 7) is 5.28. The third-order valence-corrected chi connectivity index (χ3v) is 23.3. The van der Waals surface area contributed by atoms with Gasteiger partial charge in [0.1, 0.15) is 11.5 Å². The van der Waals surface area contributed by atoms with Gasteiger partial charge in [-0.1, -0.05) is 103 Å². The minimum atomic E-state index is -4.77. The number of aromatic nitrogens is 8. The number of hydrogen-bond acceptors (Lipinski definition) is 20. The third-order valence-electron chi connectivity index (χ3n) is 23.3. The molecule has 4 unspecified atom stereocenters. The zero-order chi connectivity index (χ0) is 91.4. The molecule has 0 radical (unpaired) electrons. The molecule has 4 saturated heterocycles. The van der Waals surface area contributed by atoms with Gasteiger partial charge in [0, 0.05) is 238 Å². The SMILES string of the molecule is CN(C)c1ncc(-c2ccccc2C2CCCN(C(=O)c3ccc(C(N)=O)cc3)C2)cn1.CN(C)c1ncc(-c2ccccc2C2CCCN(C(=O)c3ccc(OC(F)(F)F)cc3)C2)cn1.CN(C)c1ncc(-c2ccccc2C2CCCN(C(=O)c3cccc(C(N)=O)c3)C2)cn1.COc1ccc(C(=O)N2CCCC(c3ccccc3-c3cnc(N(C)C)nc3)C2)cc1. The number of primary amides is 2. The highest BCUT2D eigenvalue weighted by Gasteiger charge is 2.35. The van der Waals surface area contributed by atoms with E-state index in [0.29, 0.717) is 96.4 Å². The van der Waals surface area contributed by atoms with Crippen molar-refractivity contribution in [2.75, 3.05) is 135 Å². The lowest BCUT2D eigenvalue weighted by Crippen LogP contribution is -2.39.